The van der Waals surface area contributed by atoms with Crippen molar-refractivity contribution in [1.82, 2.24) is 15.3 Å². The Morgan fingerprint density at radius 2 is 2.12 bits per heavy atom. The van der Waals surface area contributed by atoms with Crippen molar-refractivity contribution in [2.24, 2.45) is 0 Å². The predicted molar refractivity (Wildman–Crippen MR) is 63.2 cm³/mol. The minimum absolute atomic E-state index is 0.0302. The molecule has 1 heterocycles. The first-order valence-corrected chi connectivity index (χ1v) is 5.31. The zero-order valence-corrected chi connectivity index (χ0v) is 10.2. The van der Waals surface area contributed by atoms with Crippen LogP contribution in [0.2, 0.25) is 0 Å². The topological polar surface area (TPSA) is 58.1 Å². The van der Waals surface area contributed by atoms with Gasteiger partial charge < -0.3 is 10.2 Å². The van der Waals surface area contributed by atoms with Crippen molar-refractivity contribution in [3.63, 3.8) is 0 Å². The number of aromatic nitrogens is 2. The van der Waals surface area contributed by atoms with Crippen LogP contribution in [0.4, 0.5) is 5.95 Å². The summed E-state index contributed by atoms with van der Waals surface area (Å²) in [6.07, 6.45) is 0.491. The van der Waals surface area contributed by atoms with Gasteiger partial charge in [0.05, 0.1) is 12.2 Å². The van der Waals surface area contributed by atoms with E-state index in [2.05, 4.69) is 15.3 Å². The van der Waals surface area contributed by atoms with Gasteiger partial charge in [-0.3, -0.25) is 4.79 Å². The summed E-state index contributed by atoms with van der Waals surface area (Å²) in [6, 6.07) is 1.88. The number of carbonyl (C=O) groups is 1. The van der Waals surface area contributed by atoms with Crippen LogP contribution in [0.3, 0.4) is 0 Å². The van der Waals surface area contributed by atoms with Crippen LogP contribution in [0.25, 0.3) is 0 Å². The maximum atomic E-state index is 11.1. The third-order valence-electron chi connectivity index (χ3n) is 2.08. The molecule has 1 aromatic rings. The lowest BCUT2D eigenvalue weighted by Gasteiger charge is -2.12. The summed E-state index contributed by atoms with van der Waals surface area (Å²) in [7, 11) is 3.78. The van der Waals surface area contributed by atoms with Crippen LogP contribution in [0.15, 0.2) is 6.07 Å². The molecular formula is C11H18N4O. The second kappa shape index (κ2) is 5.44. The van der Waals surface area contributed by atoms with Crippen LogP contribution >= 0.6 is 0 Å². The summed E-state index contributed by atoms with van der Waals surface area (Å²) in [5.41, 5.74) is 1.73. The van der Waals surface area contributed by atoms with E-state index < -0.39 is 0 Å². The molecule has 0 aliphatic rings. The summed E-state index contributed by atoms with van der Waals surface area (Å²) in [4.78, 5) is 21.6. The molecule has 0 aromatic carbocycles. The molecule has 5 heteroatoms. The van der Waals surface area contributed by atoms with Gasteiger partial charge in [0.15, 0.2) is 0 Å². The van der Waals surface area contributed by atoms with Crippen molar-refractivity contribution in [3.8, 4) is 0 Å². The Hall–Kier alpha value is -1.65. The molecule has 0 aliphatic carbocycles. The minimum Gasteiger partial charge on any atom is -0.350 e. The van der Waals surface area contributed by atoms with E-state index >= 15 is 0 Å². The van der Waals surface area contributed by atoms with E-state index in [-0.39, 0.29) is 5.91 Å². The second-order valence-electron chi connectivity index (χ2n) is 3.83. The third kappa shape index (κ3) is 3.49. The molecule has 1 amide bonds. The fourth-order valence-corrected chi connectivity index (χ4v) is 1.22. The van der Waals surface area contributed by atoms with Gasteiger partial charge in [-0.15, -0.1) is 0 Å². The van der Waals surface area contributed by atoms with Crippen LogP contribution in [0.1, 0.15) is 24.7 Å². The smallest absolute Gasteiger partial charge is 0.225 e. The highest BCUT2D eigenvalue weighted by molar-refractivity contribution is 5.75. The van der Waals surface area contributed by atoms with Gasteiger partial charge in [-0.25, -0.2) is 9.97 Å². The fraction of sp³-hybridized carbons (Fsp3) is 0.545. The van der Waals surface area contributed by atoms with Crippen LogP contribution < -0.4 is 10.2 Å². The van der Waals surface area contributed by atoms with Gasteiger partial charge in [-0.2, -0.15) is 0 Å². The van der Waals surface area contributed by atoms with E-state index in [4.69, 9.17) is 0 Å². The molecule has 0 bridgehead atoms. The van der Waals surface area contributed by atoms with Crippen molar-refractivity contribution in [1.29, 1.82) is 0 Å². The number of anilines is 1. The molecule has 0 aliphatic heterocycles. The zero-order valence-electron chi connectivity index (χ0n) is 10.2. The van der Waals surface area contributed by atoms with Gasteiger partial charge in [0.2, 0.25) is 11.9 Å². The largest absolute Gasteiger partial charge is 0.350 e. The summed E-state index contributed by atoms with van der Waals surface area (Å²) < 4.78 is 0. The van der Waals surface area contributed by atoms with Gasteiger partial charge in [0, 0.05) is 26.2 Å². The van der Waals surface area contributed by atoms with E-state index in [1.165, 1.54) is 0 Å². The molecule has 5 nitrogen and oxygen atoms in total. The minimum atomic E-state index is 0.0302. The quantitative estimate of drug-likeness (QED) is 0.821. The Labute approximate surface area is 95.9 Å². The van der Waals surface area contributed by atoms with Crippen LogP contribution in [-0.2, 0) is 11.3 Å². The van der Waals surface area contributed by atoms with Crippen LogP contribution in [-0.4, -0.2) is 30.0 Å². The zero-order chi connectivity index (χ0) is 12.1. The Bertz CT molecular complexity index is 376. The highest BCUT2D eigenvalue weighted by Gasteiger charge is 2.04. The Balaban J connectivity index is 2.76. The van der Waals surface area contributed by atoms with Gasteiger partial charge >= 0.3 is 0 Å². The molecule has 16 heavy (non-hydrogen) atoms. The summed E-state index contributed by atoms with van der Waals surface area (Å²) in [6.45, 7) is 4.20. The monoisotopic (exact) mass is 222 g/mol. The number of nitrogens with one attached hydrogen (secondary N) is 1. The average Bonchev–Trinajstić information content (AvgIpc) is 2.25. The van der Waals surface area contributed by atoms with Crippen molar-refractivity contribution in [3.05, 3.63) is 17.5 Å². The highest BCUT2D eigenvalue weighted by Crippen LogP contribution is 2.07. The number of aryl methyl sites for hydroxylation is 1. The molecule has 0 unspecified atom stereocenters. The molecule has 0 saturated carbocycles. The second-order valence-corrected chi connectivity index (χ2v) is 3.83. The lowest BCUT2D eigenvalue weighted by molar-refractivity contribution is -0.120. The van der Waals surface area contributed by atoms with E-state index in [9.17, 15) is 4.79 Å². The molecular weight excluding hydrogens is 204 g/mol. The van der Waals surface area contributed by atoms with Gasteiger partial charge in [0.1, 0.15) is 0 Å². The Morgan fingerprint density at radius 3 is 2.69 bits per heavy atom. The van der Waals surface area contributed by atoms with E-state index in [1.807, 2.05) is 38.9 Å². The standard InChI is InChI=1S/C11H18N4O/c1-5-10(16)12-7-9-6-8(2)13-11(14-9)15(3)4/h6H,5,7H2,1-4H3,(H,12,16). The molecule has 1 rings (SSSR count). The first-order chi connectivity index (χ1) is 7.52. The number of hydrogen-bond acceptors (Lipinski definition) is 4. The molecule has 0 fully saturated rings. The van der Waals surface area contributed by atoms with Crippen molar-refractivity contribution >= 4 is 11.9 Å². The lowest BCUT2D eigenvalue weighted by Crippen LogP contribution is -2.23. The number of amides is 1. The SMILES string of the molecule is CCC(=O)NCc1cc(C)nc(N(C)C)n1. The predicted octanol–water partition coefficient (Wildman–Crippen LogP) is 0.877. The number of carbonyl (C=O) groups excluding carboxylic acids is 1. The molecule has 0 spiro atoms. The third-order valence-corrected chi connectivity index (χ3v) is 2.08. The van der Waals surface area contributed by atoms with Crippen molar-refractivity contribution < 1.29 is 4.79 Å². The molecule has 88 valence electrons. The van der Waals surface area contributed by atoms with Crippen LogP contribution in [0, 0.1) is 6.92 Å². The van der Waals surface area contributed by atoms with E-state index in [0.29, 0.717) is 18.9 Å². The van der Waals surface area contributed by atoms with Crippen molar-refractivity contribution in [2.45, 2.75) is 26.8 Å². The molecule has 0 radical (unpaired) electrons. The summed E-state index contributed by atoms with van der Waals surface area (Å²) in [5.74, 6) is 0.698. The maximum Gasteiger partial charge on any atom is 0.225 e. The normalized spacial score (nSPS) is 10.0. The molecule has 0 saturated heterocycles. The Morgan fingerprint density at radius 1 is 1.44 bits per heavy atom. The first-order valence-electron chi connectivity index (χ1n) is 5.31. The first kappa shape index (κ1) is 12.4. The fourth-order valence-electron chi connectivity index (χ4n) is 1.22. The number of hydrogen-bond donors (Lipinski definition) is 1. The number of nitrogens with zero attached hydrogens (tertiary/aromatic N) is 3. The van der Waals surface area contributed by atoms with Gasteiger partial charge in [-0.1, -0.05) is 6.92 Å². The molecule has 1 aromatic heterocycles. The molecule has 1 N–H and O–H groups in total. The van der Waals surface area contributed by atoms with Gasteiger partial charge in [-0.05, 0) is 13.0 Å². The summed E-state index contributed by atoms with van der Waals surface area (Å²) >= 11 is 0. The Kier molecular flexibility index (Phi) is 4.22. The van der Waals surface area contributed by atoms with Crippen LogP contribution in [0.5, 0.6) is 0 Å². The van der Waals surface area contributed by atoms with Gasteiger partial charge in [0.25, 0.3) is 0 Å². The average molecular weight is 222 g/mol. The summed E-state index contributed by atoms with van der Waals surface area (Å²) in [5, 5.41) is 2.79. The lowest BCUT2D eigenvalue weighted by atomic mass is 10.3. The highest BCUT2D eigenvalue weighted by atomic mass is 16.1. The van der Waals surface area contributed by atoms with E-state index in [1.54, 1.807) is 0 Å². The maximum absolute atomic E-state index is 11.1. The number of rotatable bonds is 4. The van der Waals surface area contributed by atoms with E-state index in [0.717, 1.165) is 11.4 Å². The molecule has 0 atom stereocenters. The van der Waals surface area contributed by atoms with Crippen molar-refractivity contribution in [2.75, 3.05) is 19.0 Å².